The zero-order valence-electron chi connectivity index (χ0n) is 10.6. The van der Waals surface area contributed by atoms with E-state index in [1.54, 1.807) is 0 Å². The first kappa shape index (κ1) is 14.4. The van der Waals surface area contributed by atoms with Crippen LogP contribution in [0.5, 0.6) is 0 Å². The summed E-state index contributed by atoms with van der Waals surface area (Å²) < 4.78 is 27.5. The van der Waals surface area contributed by atoms with Crippen molar-refractivity contribution in [3.8, 4) is 0 Å². The normalized spacial score (nSPS) is 12.5. The molecule has 0 nitrogen and oxygen atoms in total. The molecule has 0 N–H and O–H groups in total. The Balaban J connectivity index is 2.50. The molecular formula is C15H13ClF2S. The van der Waals surface area contributed by atoms with Gasteiger partial charge in [0.15, 0.2) is 0 Å². The molecule has 2 aromatic carbocycles. The van der Waals surface area contributed by atoms with Crippen LogP contribution in [0.2, 0.25) is 0 Å². The highest BCUT2D eigenvalue weighted by atomic mass is 35.5. The molecule has 2 aromatic rings. The van der Waals surface area contributed by atoms with Gasteiger partial charge in [-0.15, -0.1) is 23.4 Å². The monoisotopic (exact) mass is 298 g/mol. The van der Waals surface area contributed by atoms with Gasteiger partial charge in [-0.05, 0) is 42.5 Å². The average molecular weight is 299 g/mol. The fraction of sp³-hybridized carbons (Fsp3) is 0.200. The number of hydrogen-bond donors (Lipinski definition) is 0. The Morgan fingerprint density at radius 3 is 2.42 bits per heavy atom. The zero-order chi connectivity index (χ0) is 14.0. The molecule has 19 heavy (non-hydrogen) atoms. The van der Waals surface area contributed by atoms with Crippen LogP contribution in [0.3, 0.4) is 0 Å². The van der Waals surface area contributed by atoms with Gasteiger partial charge in [0.05, 0.1) is 5.38 Å². The van der Waals surface area contributed by atoms with Gasteiger partial charge >= 0.3 is 0 Å². The molecule has 1 unspecified atom stereocenters. The highest BCUT2D eigenvalue weighted by molar-refractivity contribution is 7.98. The Morgan fingerprint density at radius 2 is 1.74 bits per heavy atom. The highest BCUT2D eigenvalue weighted by Crippen LogP contribution is 2.36. The van der Waals surface area contributed by atoms with Gasteiger partial charge in [0, 0.05) is 10.5 Å². The maximum absolute atomic E-state index is 13.9. The maximum atomic E-state index is 13.9. The second-order valence-electron chi connectivity index (χ2n) is 4.23. The lowest BCUT2D eigenvalue weighted by Gasteiger charge is -2.15. The van der Waals surface area contributed by atoms with E-state index in [0.717, 1.165) is 10.5 Å². The van der Waals surface area contributed by atoms with Crippen molar-refractivity contribution < 1.29 is 8.78 Å². The first-order chi connectivity index (χ1) is 9.04. The molecule has 1 atom stereocenters. The van der Waals surface area contributed by atoms with E-state index in [-0.39, 0.29) is 11.1 Å². The Morgan fingerprint density at radius 1 is 1.05 bits per heavy atom. The highest BCUT2D eigenvalue weighted by Gasteiger charge is 2.19. The smallest absolute Gasteiger partial charge is 0.128 e. The molecule has 0 amide bonds. The first-order valence-electron chi connectivity index (χ1n) is 5.77. The molecule has 0 aliphatic heterocycles. The van der Waals surface area contributed by atoms with Crippen molar-refractivity contribution in [2.75, 3.05) is 6.26 Å². The van der Waals surface area contributed by atoms with Crippen LogP contribution in [0, 0.1) is 18.6 Å². The summed E-state index contributed by atoms with van der Waals surface area (Å²) in [6.45, 7) is 1.53. The van der Waals surface area contributed by atoms with Gasteiger partial charge in [-0.25, -0.2) is 8.78 Å². The van der Waals surface area contributed by atoms with E-state index in [9.17, 15) is 8.78 Å². The lowest BCUT2D eigenvalue weighted by atomic mass is 10.0. The Bertz CT molecular complexity index is 599. The molecule has 0 heterocycles. The summed E-state index contributed by atoms with van der Waals surface area (Å²) >= 11 is 7.86. The largest absolute Gasteiger partial charge is 0.207 e. The number of benzene rings is 2. The standard InChI is InChI=1S/C15H13ClF2S/c1-9-7-13(18)11(8-12(9)17)15(16)10-5-3-4-6-14(10)19-2/h3-8,15H,1-2H3. The van der Waals surface area contributed by atoms with E-state index in [2.05, 4.69) is 0 Å². The summed E-state index contributed by atoms with van der Waals surface area (Å²) in [4.78, 5) is 0.961. The summed E-state index contributed by atoms with van der Waals surface area (Å²) in [6, 6.07) is 9.84. The van der Waals surface area contributed by atoms with Gasteiger partial charge in [0.1, 0.15) is 11.6 Å². The summed E-state index contributed by atoms with van der Waals surface area (Å²) in [6.07, 6.45) is 1.93. The van der Waals surface area contributed by atoms with Crippen molar-refractivity contribution in [2.24, 2.45) is 0 Å². The number of halogens is 3. The SMILES string of the molecule is CSc1ccccc1C(Cl)c1cc(F)c(C)cc1F. The molecule has 4 heteroatoms. The lowest BCUT2D eigenvalue weighted by molar-refractivity contribution is 0.580. The summed E-state index contributed by atoms with van der Waals surface area (Å²) in [5, 5.41) is -0.696. The van der Waals surface area contributed by atoms with Crippen molar-refractivity contribution in [3.05, 3.63) is 64.7 Å². The van der Waals surface area contributed by atoms with Gasteiger partial charge in [0.2, 0.25) is 0 Å². The van der Waals surface area contributed by atoms with Crippen LogP contribution in [0.25, 0.3) is 0 Å². The van der Waals surface area contributed by atoms with Gasteiger partial charge in [-0.1, -0.05) is 18.2 Å². The van der Waals surface area contributed by atoms with E-state index in [0.29, 0.717) is 0 Å². The third-order valence-corrected chi connectivity index (χ3v) is 4.24. The number of thioether (sulfide) groups is 1. The number of aryl methyl sites for hydroxylation is 1. The Hall–Kier alpha value is -1.06. The number of alkyl halides is 1. The number of hydrogen-bond acceptors (Lipinski definition) is 1. The second kappa shape index (κ2) is 5.93. The maximum Gasteiger partial charge on any atom is 0.128 e. The summed E-state index contributed by atoms with van der Waals surface area (Å²) in [5.74, 6) is -0.918. The molecule has 0 saturated carbocycles. The van der Waals surface area contributed by atoms with Crippen molar-refractivity contribution in [1.82, 2.24) is 0 Å². The first-order valence-corrected chi connectivity index (χ1v) is 7.43. The van der Waals surface area contributed by atoms with E-state index in [1.165, 1.54) is 30.8 Å². The third-order valence-electron chi connectivity index (χ3n) is 2.96. The minimum Gasteiger partial charge on any atom is -0.207 e. The second-order valence-corrected chi connectivity index (χ2v) is 5.51. The minimum atomic E-state index is -0.696. The molecule has 0 aromatic heterocycles. The molecule has 0 aliphatic carbocycles. The summed E-state index contributed by atoms with van der Waals surface area (Å²) in [5.41, 5.74) is 1.24. The van der Waals surface area contributed by atoms with Crippen LogP contribution < -0.4 is 0 Å². The van der Waals surface area contributed by atoms with Crippen LogP contribution >= 0.6 is 23.4 Å². The summed E-state index contributed by atoms with van der Waals surface area (Å²) in [7, 11) is 0. The predicted octanol–water partition coefficient (Wildman–Crippen LogP) is 5.32. The molecular weight excluding hydrogens is 286 g/mol. The van der Waals surface area contributed by atoms with E-state index >= 15 is 0 Å². The van der Waals surface area contributed by atoms with Gasteiger partial charge in [-0.2, -0.15) is 0 Å². The van der Waals surface area contributed by atoms with Crippen molar-refractivity contribution in [3.63, 3.8) is 0 Å². The van der Waals surface area contributed by atoms with Crippen molar-refractivity contribution >= 4 is 23.4 Å². The molecule has 0 radical (unpaired) electrons. The molecule has 0 saturated heterocycles. The fourth-order valence-electron chi connectivity index (χ4n) is 1.90. The average Bonchev–Trinajstić information content (AvgIpc) is 2.42. The van der Waals surface area contributed by atoms with E-state index in [1.807, 2.05) is 30.5 Å². The molecule has 100 valence electrons. The van der Waals surface area contributed by atoms with E-state index in [4.69, 9.17) is 11.6 Å². The van der Waals surface area contributed by atoms with Crippen LogP contribution in [0.1, 0.15) is 22.1 Å². The molecule has 0 spiro atoms. The van der Waals surface area contributed by atoms with Crippen LogP contribution in [-0.2, 0) is 0 Å². The van der Waals surface area contributed by atoms with Gasteiger partial charge in [-0.3, -0.25) is 0 Å². The molecule has 0 fully saturated rings. The molecule has 0 bridgehead atoms. The topological polar surface area (TPSA) is 0 Å². The quantitative estimate of drug-likeness (QED) is 0.545. The fourth-order valence-corrected chi connectivity index (χ4v) is 2.96. The van der Waals surface area contributed by atoms with Crippen LogP contribution in [-0.4, -0.2) is 6.26 Å². The number of rotatable bonds is 3. The van der Waals surface area contributed by atoms with E-state index < -0.39 is 17.0 Å². The zero-order valence-corrected chi connectivity index (χ0v) is 12.2. The third kappa shape index (κ3) is 2.93. The van der Waals surface area contributed by atoms with Crippen molar-refractivity contribution in [1.29, 1.82) is 0 Å². The lowest BCUT2D eigenvalue weighted by Crippen LogP contribution is -2.01. The van der Waals surface area contributed by atoms with Gasteiger partial charge < -0.3 is 0 Å². The molecule has 2 rings (SSSR count). The van der Waals surface area contributed by atoms with Crippen LogP contribution in [0.15, 0.2) is 41.3 Å². The molecule has 0 aliphatic rings. The van der Waals surface area contributed by atoms with Crippen molar-refractivity contribution in [2.45, 2.75) is 17.2 Å². The Labute approximate surface area is 120 Å². The van der Waals surface area contributed by atoms with Gasteiger partial charge in [0.25, 0.3) is 0 Å². The Kier molecular flexibility index (Phi) is 4.48. The minimum absolute atomic E-state index is 0.172. The predicted molar refractivity (Wildman–Crippen MR) is 77.0 cm³/mol. The van der Waals surface area contributed by atoms with Crippen LogP contribution in [0.4, 0.5) is 8.78 Å².